The van der Waals surface area contributed by atoms with Crippen molar-refractivity contribution in [1.29, 1.82) is 0 Å². The molecule has 0 aliphatic carbocycles. The van der Waals surface area contributed by atoms with E-state index in [0.29, 0.717) is 33.4 Å². The molecule has 38 heavy (non-hydrogen) atoms. The number of sulfonamides is 1. The molecular weight excluding hydrogens is 544 g/mol. The first-order valence-electron chi connectivity index (χ1n) is 12.0. The van der Waals surface area contributed by atoms with Crippen LogP contribution in [0.4, 0.5) is 11.4 Å². The number of fused-ring (bicyclic) bond motifs is 1. The number of carbonyl (C=O) groups excluding carboxylic acids is 2. The molecule has 1 heterocycles. The molecule has 0 spiro atoms. The van der Waals surface area contributed by atoms with Crippen molar-refractivity contribution in [1.82, 2.24) is 0 Å². The molecule has 10 heteroatoms. The fourth-order valence-corrected chi connectivity index (χ4v) is 5.67. The number of thiophene rings is 1. The molecule has 0 aliphatic rings. The van der Waals surface area contributed by atoms with E-state index in [1.807, 2.05) is 13.0 Å². The third-order valence-electron chi connectivity index (χ3n) is 5.76. The summed E-state index contributed by atoms with van der Waals surface area (Å²) in [6.45, 7) is 2.56. The number of rotatable bonds is 10. The van der Waals surface area contributed by atoms with Crippen molar-refractivity contribution in [3.8, 4) is 0 Å². The number of benzene rings is 3. The van der Waals surface area contributed by atoms with E-state index < -0.39 is 16.0 Å². The quantitative estimate of drug-likeness (QED) is 0.168. The number of halogens is 1. The van der Waals surface area contributed by atoms with Gasteiger partial charge >= 0.3 is 5.97 Å². The zero-order valence-electron chi connectivity index (χ0n) is 20.9. The summed E-state index contributed by atoms with van der Waals surface area (Å²) in [4.78, 5) is 25.5. The van der Waals surface area contributed by atoms with Gasteiger partial charge in [-0.3, -0.25) is 9.10 Å². The Hall–Kier alpha value is -3.40. The van der Waals surface area contributed by atoms with E-state index in [1.165, 1.54) is 15.6 Å². The Balaban J connectivity index is 1.49. The minimum atomic E-state index is -3.57. The predicted octanol–water partition coefficient (Wildman–Crippen LogP) is 6.73. The van der Waals surface area contributed by atoms with Gasteiger partial charge < -0.3 is 10.1 Å². The number of hydrogen-bond donors (Lipinski definition) is 1. The molecule has 0 unspecified atom stereocenters. The highest BCUT2D eigenvalue weighted by Gasteiger charge is 2.20. The largest absolute Gasteiger partial charge is 0.462 e. The van der Waals surface area contributed by atoms with E-state index in [-0.39, 0.29) is 12.5 Å². The van der Waals surface area contributed by atoms with Crippen LogP contribution in [0.3, 0.4) is 0 Å². The van der Waals surface area contributed by atoms with Gasteiger partial charge in [0.1, 0.15) is 0 Å². The van der Waals surface area contributed by atoms with Crippen LogP contribution in [0.2, 0.25) is 5.02 Å². The Kier molecular flexibility index (Phi) is 8.71. The second-order valence-corrected chi connectivity index (χ2v) is 12.2. The molecule has 7 nitrogen and oxygen atoms in total. The topological polar surface area (TPSA) is 92.8 Å². The first kappa shape index (κ1) is 27.6. The molecule has 198 valence electrons. The Morgan fingerprint density at radius 3 is 2.37 bits per heavy atom. The minimum Gasteiger partial charge on any atom is -0.462 e. The summed E-state index contributed by atoms with van der Waals surface area (Å²) in [6.07, 6.45) is 2.91. The molecule has 0 bridgehead atoms. The lowest BCUT2D eigenvalue weighted by atomic mass is 10.2. The highest BCUT2D eigenvalue weighted by atomic mass is 35.5. The summed E-state index contributed by atoms with van der Waals surface area (Å²) >= 11 is 7.27. The number of anilines is 2. The van der Waals surface area contributed by atoms with E-state index in [2.05, 4.69) is 5.32 Å². The first-order valence-corrected chi connectivity index (χ1v) is 15.0. The predicted molar refractivity (Wildman–Crippen MR) is 154 cm³/mol. The number of nitrogens with one attached hydrogen (secondary N) is 1. The Bertz CT molecular complexity index is 1550. The standard InChI is InChI=1S/C28H27ClN2O5S2/c1-3-4-15-36-28(33)20-7-11-23(12-8-20)30-27(32)26-17-21-16-24(13-14-25(21)37-26)31(38(2,34)35)18-19-5-9-22(29)10-6-19/h5-14,16-17H,3-4,15,18H2,1-2H3,(H,30,32). The highest BCUT2D eigenvalue weighted by Crippen LogP contribution is 2.31. The van der Waals surface area contributed by atoms with Gasteiger partial charge in [-0.2, -0.15) is 0 Å². The molecule has 1 N–H and O–H groups in total. The van der Waals surface area contributed by atoms with Gasteiger partial charge in [0.15, 0.2) is 0 Å². The molecule has 0 saturated heterocycles. The van der Waals surface area contributed by atoms with Crippen molar-refractivity contribution in [2.75, 3.05) is 22.5 Å². The highest BCUT2D eigenvalue weighted by molar-refractivity contribution is 7.92. The fraction of sp³-hybridized carbons (Fsp3) is 0.214. The van der Waals surface area contributed by atoms with Gasteiger partial charge in [-0.25, -0.2) is 13.2 Å². The fourth-order valence-electron chi connectivity index (χ4n) is 3.73. The monoisotopic (exact) mass is 570 g/mol. The molecule has 0 fully saturated rings. The van der Waals surface area contributed by atoms with Crippen molar-refractivity contribution in [3.05, 3.63) is 93.8 Å². The molecule has 0 saturated carbocycles. The molecule has 1 amide bonds. The van der Waals surface area contributed by atoms with Gasteiger partial charge in [0.2, 0.25) is 10.0 Å². The van der Waals surface area contributed by atoms with Crippen LogP contribution in [0.5, 0.6) is 0 Å². The summed E-state index contributed by atoms with van der Waals surface area (Å²) in [6, 6.07) is 20.6. The summed E-state index contributed by atoms with van der Waals surface area (Å²) in [5, 5.41) is 4.17. The van der Waals surface area contributed by atoms with Gasteiger partial charge in [-0.05, 0) is 78.0 Å². The number of unbranched alkanes of at least 4 members (excludes halogenated alkanes) is 1. The van der Waals surface area contributed by atoms with Crippen molar-refractivity contribution in [2.24, 2.45) is 0 Å². The smallest absolute Gasteiger partial charge is 0.338 e. The second kappa shape index (κ2) is 12.0. The number of nitrogens with zero attached hydrogens (tertiary/aromatic N) is 1. The van der Waals surface area contributed by atoms with Crippen molar-refractivity contribution < 1.29 is 22.7 Å². The molecule has 0 radical (unpaired) electrons. The number of ether oxygens (including phenoxy) is 1. The first-order chi connectivity index (χ1) is 18.1. The maximum Gasteiger partial charge on any atom is 0.338 e. The summed E-state index contributed by atoms with van der Waals surface area (Å²) in [7, 11) is -3.57. The lowest BCUT2D eigenvalue weighted by Gasteiger charge is -2.22. The van der Waals surface area contributed by atoms with E-state index in [9.17, 15) is 18.0 Å². The van der Waals surface area contributed by atoms with Gasteiger partial charge in [-0.15, -0.1) is 11.3 Å². The molecule has 0 atom stereocenters. The number of carbonyl (C=O) groups is 2. The van der Waals surface area contributed by atoms with Crippen LogP contribution in [0.1, 0.15) is 45.4 Å². The third-order valence-corrected chi connectivity index (χ3v) is 8.27. The second-order valence-electron chi connectivity index (χ2n) is 8.75. The maximum atomic E-state index is 12.9. The molecule has 4 aromatic rings. The van der Waals surface area contributed by atoms with Gasteiger partial charge in [0.25, 0.3) is 5.91 Å². The van der Waals surface area contributed by atoms with Gasteiger partial charge in [-0.1, -0.05) is 37.1 Å². The molecule has 1 aromatic heterocycles. The molecular formula is C28H27ClN2O5S2. The van der Waals surface area contributed by atoms with Crippen LogP contribution in [0, 0.1) is 0 Å². The van der Waals surface area contributed by atoms with Crippen LogP contribution in [0.15, 0.2) is 72.8 Å². The minimum absolute atomic E-state index is 0.154. The van der Waals surface area contributed by atoms with Crippen molar-refractivity contribution in [3.63, 3.8) is 0 Å². The van der Waals surface area contributed by atoms with Gasteiger partial charge in [0, 0.05) is 15.4 Å². The van der Waals surface area contributed by atoms with E-state index in [0.717, 1.165) is 34.7 Å². The van der Waals surface area contributed by atoms with Crippen LogP contribution < -0.4 is 9.62 Å². The Morgan fingerprint density at radius 1 is 1.00 bits per heavy atom. The van der Waals surface area contributed by atoms with Crippen LogP contribution >= 0.6 is 22.9 Å². The Morgan fingerprint density at radius 2 is 1.71 bits per heavy atom. The van der Waals surface area contributed by atoms with Crippen LogP contribution in [0.25, 0.3) is 10.1 Å². The zero-order chi connectivity index (χ0) is 27.3. The van der Waals surface area contributed by atoms with Gasteiger partial charge in [0.05, 0.1) is 35.5 Å². The Labute approximate surface area is 231 Å². The number of esters is 1. The average molecular weight is 571 g/mol. The summed E-state index contributed by atoms with van der Waals surface area (Å²) in [5.74, 6) is -0.692. The lowest BCUT2D eigenvalue weighted by Crippen LogP contribution is -2.29. The maximum absolute atomic E-state index is 12.9. The van der Waals surface area contributed by atoms with Crippen LogP contribution in [-0.4, -0.2) is 33.2 Å². The summed E-state index contributed by atoms with van der Waals surface area (Å²) in [5.41, 5.74) is 2.26. The third kappa shape index (κ3) is 6.92. The zero-order valence-corrected chi connectivity index (χ0v) is 23.3. The normalized spacial score (nSPS) is 11.3. The SMILES string of the molecule is CCCCOC(=O)c1ccc(NC(=O)c2cc3cc(N(Cc4ccc(Cl)cc4)S(C)(=O)=O)ccc3s2)cc1. The van der Waals surface area contributed by atoms with Crippen molar-refractivity contribution in [2.45, 2.75) is 26.3 Å². The van der Waals surface area contributed by atoms with E-state index >= 15 is 0 Å². The average Bonchev–Trinajstić information content (AvgIpc) is 3.32. The molecule has 3 aromatic carbocycles. The number of hydrogen-bond acceptors (Lipinski definition) is 6. The van der Waals surface area contributed by atoms with E-state index in [4.69, 9.17) is 16.3 Å². The van der Waals surface area contributed by atoms with Crippen LogP contribution in [-0.2, 0) is 21.3 Å². The lowest BCUT2D eigenvalue weighted by molar-refractivity contribution is 0.0499. The van der Waals surface area contributed by atoms with Crippen molar-refractivity contribution >= 4 is 66.3 Å². The number of amides is 1. The van der Waals surface area contributed by atoms with E-state index in [1.54, 1.807) is 66.7 Å². The summed E-state index contributed by atoms with van der Waals surface area (Å²) < 4.78 is 32.6. The molecule has 4 rings (SSSR count). The molecule has 0 aliphatic heterocycles.